The number of likely N-dealkylation sites (N-methyl/N-ethyl adjacent to an activating group) is 1. The van der Waals surface area contributed by atoms with Gasteiger partial charge in [0.15, 0.2) is 0 Å². The molecule has 3 aliphatic heterocycles. The maximum atomic E-state index is 12.8. The molecule has 2 unspecified atom stereocenters. The summed E-state index contributed by atoms with van der Waals surface area (Å²) in [5, 5.41) is 0.509. The number of piperidine rings is 1. The van der Waals surface area contributed by atoms with Crippen molar-refractivity contribution in [1.82, 2.24) is 9.80 Å². The molecule has 0 radical (unpaired) electrons. The molecule has 2 atom stereocenters. The summed E-state index contributed by atoms with van der Waals surface area (Å²) in [6.45, 7) is 1.66. The lowest BCUT2D eigenvalue weighted by Crippen LogP contribution is -2.45. The van der Waals surface area contributed by atoms with Crippen LogP contribution in [0.5, 0.6) is 0 Å². The predicted molar refractivity (Wildman–Crippen MR) is 87.0 cm³/mol. The first-order valence-electron chi connectivity index (χ1n) is 8.10. The molecule has 0 N–H and O–H groups in total. The van der Waals surface area contributed by atoms with Crippen LogP contribution in [0.2, 0.25) is 0 Å². The monoisotopic (exact) mass is 318 g/mol. The van der Waals surface area contributed by atoms with E-state index in [1.165, 1.54) is 19.3 Å². The molecule has 2 saturated heterocycles. The van der Waals surface area contributed by atoms with Crippen LogP contribution in [0.3, 0.4) is 0 Å². The number of rotatable bonds is 1. The maximum absolute atomic E-state index is 12.8. The summed E-state index contributed by atoms with van der Waals surface area (Å²) in [7, 11) is -1.14. The van der Waals surface area contributed by atoms with Crippen molar-refractivity contribution >= 4 is 15.9 Å². The van der Waals surface area contributed by atoms with Crippen LogP contribution in [0.15, 0.2) is 34.2 Å². The molecule has 0 saturated carbocycles. The van der Waals surface area contributed by atoms with E-state index in [1.807, 2.05) is 18.2 Å². The molecular weight excluding hydrogens is 296 g/mol. The second-order valence-electron chi connectivity index (χ2n) is 6.66. The van der Waals surface area contributed by atoms with Gasteiger partial charge >= 0.3 is 0 Å². The van der Waals surface area contributed by atoms with Crippen LogP contribution in [0.25, 0.3) is 6.08 Å². The van der Waals surface area contributed by atoms with Crippen molar-refractivity contribution in [2.45, 2.75) is 42.7 Å². The Labute approximate surface area is 132 Å². The smallest absolute Gasteiger partial charge is 0.222 e. The second kappa shape index (κ2) is 5.10. The molecule has 3 heterocycles. The zero-order chi connectivity index (χ0) is 15.3. The number of nitrogens with zero attached hydrogens (tertiary/aromatic N) is 2. The quantitative estimate of drug-likeness (QED) is 0.797. The van der Waals surface area contributed by atoms with Crippen LogP contribution in [0.4, 0.5) is 0 Å². The molecule has 118 valence electrons. The van der Waals surface area contributed by atoms with Gasteiger partial charge in [-0.05, 0) is 44.0 Å². The highest BCUT2D eigenvalue weighted by atomic mass is 32.2. The Morgan fingerprint density at radius 3 is 2.68 bits per heavy atom. The molecule has 4 rings (SSSR count). The minimum Gasteiger partial charge on any atom is -0.360 e. The van der Waals surface area contributed by atoms with Crippen molar-refractivity contribution in [3.63, 3.8) is 0 Å². The largest absolute Gasteiger partial charge is 0.360 e. The van der Waals surface area contributed by atoms with Crippen LogP contribution in [-0.2, 0) is 9.84 Å². The lowest BCUT2D eigenvalue weighted by molar-refractivity contribution is 0.120. The van der Waals surface area contributed by atoms with Gasteiger partial charge in [-0.2, -0.15) is 0 Å². The summed E-state index contributed by atoms with van der Waals surface area (Å²) in [4.78, 5) is 5.05. The first-order chi connectivity index (χ1) is 10.6. The third-order valence-electron chi connectivity index (χ3n) is 5.46. The Kier molecular flexibility index (Phi) is 3.31. The van der Waals surface area contributed by atoms with Crippen LogP contribution in [0.1, 0.15) is 31.2 Å². The number of benzene rings is 1. The lowest BCUT2D eigenvalue weighted by atomic mass is 9.96. The molecule has 0 aliphatic carbocycles. The van der Waals surface area contributed by atoms with Gasteiger partial charge < -0.3 is 4.90 Å². The van der Waals surface area contributed by atoms with E-state index in [0.717, 1.165) is 25.1 Å². The van der Waals surface area contributed by atoms with Gasteiger partial charge in [0.25, 0.3) is 0 Å². The van der Waals surface area contributed by atoms with Crippen molar-refractivity contribution in [2.24, 2.45) is 0 Å². The number of hydrogen-bond acceptors (Lipinski definition) is 4. The van der Waals surface area contributed by atoms with E-state index in [4.69, 9.17) is 0 Å². The Balaban J connectivity index is 1.69. The van der Waals surface area contributed by atoms with Crippen molar-refractivity contribution in [1.29, 1.82) is 0 Å². The number of hydrogen-bond donors (Lipinski definition) is 0. The summed E-state index contributed by atoms with van der Waals surface area (Å²) >= 11 is 0. The molecule has 22 heavy (non-hydrogen) atoms. The van der Waals surface area contributed by atoms with Gasteiger partial charge in [0, 0.05) is 25.2 Å². The minimum absolute atomic E-state index is 0.463. The molecule has 0 amide bonds. The van der Waals surface area contributed by atoms with E-state index in [1.54, 1.807) is 12.1 Å². The molecule has 2 bridgehead atoms. The van der Waals surface area contributed by atoms with Crippen LogP contribution < -0.4 is 0 Å². The molecular formula is C17H22N2O2S. The van der Waals surface area contributed by atoms with Gasteiger partial charge in [-0.3, -0.25) is 4.90 Å². The SMILES string of the molecule is CN1C2CCCC1CN(C1=Cc3ccccc3S1(=O)=O)CC2. The highest BCUT2D eigenvalue weighted by Gasteiger charge is 2.38. The van der Waals surface area contributed by atoms with E-state index in [0.29, 0.717) is 22.0 Å². The molecule has 0 aromatic heterocycles. The summed E-state index contributed by atoms with van der Waals surface area (Å²) in [5.41, 5.74) is 0.832. The van der Waals surface area contributed by atoms with E-state index < -0.39 is 9.84 Å². The minimum atomic E-state index is -3.34. The lowest BCUT2D eigenvalue weighted by Gasteiger charge is -2.37. The molecule has 1 aromatic rings. The molecule has 3 aliphatic rings. The molecule has 5 heteroatoms. The van der Waals surface area contributed by atoms with Gasteiger partial charge in [0.2, 0.25) is 9.84 Å². The summed E-state index contributed by atoms with van der Waals surface area (Å²) in [5.74, 6) is 0. The van der Waals surface area contributed by atoms with Crippen molar-refractivity contribution in [3.8, 4) is 0 Å². The molecule has 1 aromatic carbocycles. The second-order valence-corrected chi connectivity index (χ2v) is 8.53. The van der Waals surface area contributed by atoms with Gasteiger partial charge in [0.1, 0.15) is 5.03 Å². The van der Waals surface area contributed by atoms with E-state index in [9.17, 15) is 8.42 Å². The fraction of sp³-hybridized carbons (Fsp3) is 0.529. The average molecular weight is 318 g/mol. The Hall–Kier alpha value is -1.33. The third kappa shape index (κ3) is 2.10. The Bertz CT molecular complexity index is 726. The maximum Gasteiger partial charge on any atom is 0.222 e. The Morgan fingerprint density at radius 2 is 1.86 bits per heavy atom. The fourth-order valence-corrected chi connectivity index (χ4v) is 5.85. The van der Waals surface area contributed by atoms with Gasteiger partial charge in [-0.15, -0.1) is 0 Å². The van der Waals surface area contributed by atoms with Crippen molar-refractivity contribution in [2.75, 3.05) is 20.1 Å². The van der Waals surface area contributed by atoms with Crippen molar-refractivity contribution in [3.05, 3.63) is 34.9 Å². The highest BCUT2D eigenvalue weighted by molar-refractivity contribution is 7.95. The molecule has 4 nitrogen and oxygen atoms in total. The van der Waals surface area contributed by atoms with Crippen LogP contribution in [0, 0.1) is 0 Å². The topological polar surface area (TPSA) is 40.6 Å². The van der Waals surface area contributed by atoms with E-state index in [-0.39, 0.29) is 0 Å². The zero-order valence-electron chi connectivity index (χ0n) is 12.9. The predicted octanol–water partition coefficient (Wildman–Crippen LogP) is 2.33. The van der Waals surface area contributed by atoms with Gasteiger partial charge in [-0.1, -0.05) is 24.6 Å². The first kappa shape index (κ1) is 14.3. The normalized spacial score (nSPS) is 30.6. The first-order valence-corrected chi connectivity index (χ1v) is 9.58. The average Bonchev–Trinajstić information content (AvgIpc) is 2.75. The molecule has 2 fully saturated rings. The third-order valence-corrected chi connectivity index (χ3v) is 7.34. The standard InChI is InChI=1S/C17H22N2O2S/c1-18-14-6-4-7-15(18)12-19(10-9-14)17-11-13-5-2-3-8-16(13)22(17,20)21/h2-3,5,8,11,14-15H,4,6-7,9-10,12H2,1H3. The highest BCUT2D eigenvalue weighted by Crippen LogP contribution is 2.37. The van der Waals surface area contributed by atoms with Crippen LogP contribution >= 0.6 is 0 Å². The van der Waals surface area contributed by atoms with E-state index >= 15 is 0 Å². The zero-order valence-corrected chi connectivity index (χ0v) is 13.7. The summed E-state index contributed by atoms with van der Waals surface area (Å²) in [6.07, 6.45) is 6.59. The van der Waals surface area contributed by atoms with Gasteiger partial charge in [0.05, 0.1) is 4.90 Å². The fourth-order valence-electron chi connectivity index (χ4n) is 4.14. The number of sulfone groups is 1. The summed E-state index contributed by atoms with van der Waals surface area (Å²) in [6, 6.07) is 8.39. The number of fused-ring (bicyclic) bond motifs is 3. The van der Waals surface area contributed by atoms with E-state index in [2.05, 4.69) is 16.8 Å². The molecule has 0 spiro atoms. The van der Waals surface area contributed by atoms with Gasteiger partial charge in [-0.25, -0.2) is 8.42 Å². The summed E-state index contributed by atoms with van der Waals surface area (Å²) < 4.78 is 25.7. The van der Waals surface area contributed by atoms with Crippen molar-refractivity contribution < 1.29 is 8.42 Å². The Morgan fingerprint density at radius 1 is 1.09 bits per heavy atom. The van der Waals surface area contributed by atoms with Crippen LogP contribution in [-0.4, -0.2) is 50.4 Å².